The fourth-order valence-electron chi connectivity index (χ4n) is 2.89. The lowest BCUT2D eigenvalue weighted by Gasteiger charge is -1.99. The number of aromatic nitrogens is 2. The van der Waals surface area contributed by atoms with E-state index in [2.05, 4.69) is 9.97 Å². The van der Waals surface area contributed by atoms with Gasteiger partial charge in [-0.1, -0.05) is 54.6 Å². The molecule has 156 valence electrons. The predicted molar refractivity (Wildman–Crippen MR) is 124 cm³/mol. The third kappa shape index (κ3) is 5.93. The Balaban J connectivity index is 0.000000137. The number of para-hydroxylation sites is 3. The van der Waals surface area contributed by atoms with Gasteiger partial charge in [-0.3, -0.25) is 0 Å². The summed E-state index contributed by atoms with van der Waals surface area (Å²) in [6.45, 7) is 3.82. The molecule has 31 heavy (non-hydrogen) atoms. The third-order valence-corrected chi connectivity index (χ3v) is 4.43. The van der Waals surface area contributed by atoms with Crippen LogP contribution in [0.2, 0.25) is 0 Å². The summed E-state index contributed by atoms with van der Waals surface area (Å²) in [6, 6.07) is 27.3. The van der Waals surface area contributed by atoms with Crippen molar-refractivity contribution in [2.75, 3.05) is 0 Å². The van der Waals surface area contributed by atoms with Crippen LogP contribution in [0.3, 0.4) is 0 Å². The molecule has 0 aliphatic heterocycles. The highest BCUT2D eigenvalue weighted by Gasteiger charge is 2.00. The molecule has 5 heteroatoms. The van der Waals surface area contributed by atoms with E-state index >= 15 is 0 Å². The van der Waals surface area contributed by atoms with Crippen LogP contribution in [-0.2, 0) is 0 Å². The minimum absolute atomic E-state index is 0.246. The highest BCUT2D eigenvalue weighted by Crippen LogP contribution is 2.22. The molecular weight excluding hydrogens is 388 g/mol. The van der Waals surface area contributed by atoms with Crippen LogP contribution in [0, 0.1) is 13.8 Å². The number of aryl methyl sites for hydroxylation is 2. The summed E-state index contributed by atoms with van der Waals surface area (Å²) in [5, 5.41) is 29.4. The molecule has 5 aromatic rings. The molecule has 0 radical (unpaired) electrons. The molecule has 0 saturated heterocycles. The van der Waals surface area contributed by atoms with E-state index < -0.39 is 0 Å². The fourth-order valence-corrected chi connectivity index (χ4v) is 2.89. The number of hydrogen-bond donors (Lipinski definition) is 3. The van der Waals surface area contributed by atoms with Crippen molar-refractivity contribution in [1.82, 2.24) is 9.97 Å². The van der Waals surface area contributed by atoms with Gasteiger partial charge in [-0.25, -0.2) is 9.97 Å². The largest absolute Gasteiger partial charge is 0.508 e. The van der Waals surface area contributed by atoms with E-state index in [0.717, 1.165) is 22.2 Å². The number of benzene rings is 3. The second-order valence-corrected chi connectivity index (χ2v) is 6.94. The molecule has 0 bridgehead atoms. The molecule has 5 nitrogen and oxygen atoms in total. The third-order valence-electron chi connectivity index (χ3n) is 4.43. The molecule has 0 aliphatic rings. The van der Waals surface area contributed by atoms with E-state index in [0.29, 0.717) is 16.8 Å². The van der Waals surface area contributed by atoms with Crippen molar-refractivity contribution in [3.05, 3.63) is 102 Å². The number of nitrogens with zero attached hydrogens (tertiary/aromatic N) is 2. The lowest BCUT2D eigenvalue weighted by molar-refractivity contribution is 0.475. The summed E-state index contributed by atoms with van der Waals surface area (Å²) in [6.07, 6.45) is 0. The number of hydrogen-bond acceptors (Lipinski definition) is 5. The normalized spacial score (nSPS) is 10.0. The van der Waals surface area contributed by atoms with Crippen LogP contribution in [0.15, 0.2) is 91.0 Å². The minimum Gasteiger partial charge on any atom is -0.508 e. The van der Waals surface area contributed by atoms with Crippen molar-refractivity contribution in [3.63, 3.8) is 0 Å². The molecule has 2 aromatic heterocycles. The maximum atomic E-state index is 9.43. The first-order valence-electron chi connectivity index (χ1n) is 9.79. The first-order chi connectivity index (χ1) is 14.9. The quantitative estimate of drug-likeness (QED) is 0.295. The van der Waals surface area contributed by atoms with Crippen LogP contribution < -0.4 is 0 Å². The average Bonchev–Trinajstić information content (AvgIpc) is 2.77. The Hall–Kier alpha value is -4.12. The summed E-state index contributed by atoms with van der Waals surface area (Å²) < 4.78 is 0. The Bertz CT molecular complexity index is 1200. The summed E-state index contributed by atoms with van der Waals surface area (Å²) in [5.41, 5.74) is 3.20. The zero-order valence-electron chi connectivity index (χ0n) is 17.4. The molecule has 3 N–H and O–H groups in total. The Morgan fingerprint density at radius 1 is 0.484 bits per heavy atom. The minimum atomic E-state index is 0.246. The summed E-state index contributed by atoms with van der Waals surface area (Å²) >= 11 is 0. The Morgan fingerprint density at radius 3 is 1.32 bits per heavy atom. The lowest BCUT2D eigenvalue weighted by atomic mass is 10.2. The van der Waals surface area contributed by atoms with Crippen LogP contribution in [-0.4, -0.2) is 25.3 Å². The van der Waals surface area contributed by atoms with Crippen molar-refractivity contribution in [2.24, 2.45) is 0 Å². The van der Waals surface area contributed by atoms with E-state index in [9.17, 15) is 10.2 Å². The van der Waals surface area contributed by atoms with Crippen LogP contribution >= 0.6 is 0 Å². The number of pyridine rings is 2. The Kier molecular flexibility index (Phi) is 7.01. The smallest absolute Gasteiger partial charge is 0.141 e. The molecule has 0 unspecified atom stereocenters. The van der Waals surface area contributed by atoms with Crippen molar-refractivity contribution in [2.45, 2.75) is 13.8 Å². The molecule has 5 rings (SSSR count). The number of aromatic hydroxyl groups is 3. The molecule has 2 heterocycles. The summed E-state index contributed by atoms with van der Waals surface area (Å²) in [5.74, 6) is 0.815. The van der Waals surface area contributed by atoms with Gasteiger partial charge < -0.3 is 15.3 Å². The molecular formula is C26H24N2O3. The number of rotatable bonds is 0. The van der Waals surface area contributed by atoms with Gasteiger partial charge in [0, 0.05) is 22.2 Å². The standard InChI is InChI=1S/2C10H9NO.C6H6O/c2*1-7-5-6-8-3-2-4-9(12)10(8)11-7;7-6-4-2-1-3-5-6/h2*2-6,12H,1H3;1-5,7H. The van der Waals surface area contributed by atoms with E-state index in [1.54, 1.807) is 36.4 Å². The zero-order valence-corrected chi connectivity index (χ0v) is 17.4. The first-order valence-corrected chi connectivity index (χ1v) is 9.79. The van der Waals surface area contributed by atoms with E-state index in [-0.39, 0.29) is 11.5 Å². The van der Waals surface area contributed by atoms with Gasteiger partial charge in [0.15, 0.2) is 0 Å². The van der Waals surface area contributed by atoms with Gasteiger partial charge in [0.2, 0.25) is 0 Å². The summed E-state index contributed by atoms with van der Waals surface area (Å²) in [4.78, 5) is 8.45. The first kappa shape index (κ1) is 21.6. The maximum absolute atomic E-state index is 9.43. The zero-order chi connectivity index (χ0) is 22.2. The van der Waals surface area contributed by atoms with Gasteiger partial charge in [-0.15, -0.1) is 0 Å². The summed E-state index contributed by atoms with van der Waals surface area (Å²) in [7, 11) is 0. The van der Waals surface area contributed by atoms with Gasteiger partial charge in [-0.2, -0.15) is 0 Å². The van der Waals surface area contributed by atoms with Gasteiger partial charge in [0.05, 0.1) is 0 Å². The van der Waals surface area contributed by atoms with Gasteiger partial charge in [0.25, 0.3) is 0 Å². The van der Waals surface area contributed by atoms with E-state index in [1.807, 2.05) is 68.4 Å². The lowest BCUT2D eigenvalue weighted by Crippen LogP contribution is -1.82. The monoisotopic (exact) mass is 412 g/mol. The second-order valence-electron chi connectivity index (χ2n) is 6.94. The molecule has 0 amide bonds. The number of fused-ring (bicyclic) bond motifs is 2. The van der Waals surface area contributed by atoms with Crippen molar-refractivity contribution < 1.29 is 15.3 Å². The van der Waals surface area contributed by atoms with Gasteiger partial charge in [0.1, 0.15) is 28.3 Å². The van der Waals surface area contributed by atoms with Crippen molar-refractivity contribution >= 4 is 21.8 Å². The molecule has 3 aromatic carbocycles. The second kappa shape index (κ2) is 10.1. The van der Waals surface area contributed by atoms with Crippen LogP contribution in [0.1, 0.15) is 11.4 Å². The van der Waals surface area contributed by atoms with E-state index in [1.165, 1.54) is 0 Å². The fraction of sp³-hybridized carbons (Fsp3) is 0.0769. The molecule has 0 saturated carbocycles. The molecule has 0 spiro atoms. The average molecular weight is 412 g/mol. The number of phenolic OH excluding ortho intramolecular Hbond substituents is 3. The van der Waals surface area contributed by atoms with Crippen LogP contribution in [0.4, 0.5) is 0 Å². The predicted octanol–water partition coefficient (Wildman–Crippen LogP) is 5.89. The van der Waals surface area contributed by atoms with Gasteiger partial charge >= 0.3 is 0 Å². The Morgan fingerprint density at radius 2 is 0.935 bits per heavy atom. The molecule has 0 aliphatic carbocycles. The van der Waals surface area contributed by atoms with Gasteiger partial charge in [-0.05, 0) is 50.2 Å². The Labute approximate surface area is 180 Å². The molecule has 0 atom stereocenters. The number of phenols is 3. The maximum Gasteiger partial charge on any atom is 0.141 e. The topological polar surface area (TPSA) is 86.5 Å². The highest BCUT2D eigenvalue weighted by molar-refractivity contribution is 5.84. The molecule has 0 fully saturated rings. The van der Waals surface area contributed by atoms with Crippen molar-refractivity contribution in [1.29, 1.82) is 0 Å². The van der Waals surface area contributed by atoms with Crippen LogP contribution in [0.5, 0.6) is 17.2 Å². The van der Waals surface area contributed by atoms with Crippen LogP contribution in [0.25, 0.3) is 21.8 Å². The van der Waals surface area contributed by atoms with E-state index in [4.69, 9.17) is 5.11 Å². The SMILES string of the molecule is Cc1ccc2cccc(O)c2n1.Cc1ccc2cccc(O)c2n1.Oc1ccccc1. The van der Waals surface area contributed by atoms with Crippen molar-refractivity contribution in [3.8, 4) is 17.2 Å². The highest BCUT2D eigenvalue weighted by atomic mass is 16.3.